The molecule has 7 heteroatoms. The number of hydrogen-bond donors (Lipinski definition) is 2. The number of carbonyl (C=O) groups is 1. The van der Waals surface area contributed by atoms with Crippen molar-refractivity contribution < 1.29 is 18.7 Å². The summed E-state index contributed by atoms with van der Waals surface area (Å²) in [6.45, 7) is 6.52. The molecule has 1 saturated heterocycles. The quantitative estimate of drug-likeness (QED) is 0.843. The highest BCUT2D eigenvalue weighted by molar-refractivity contribution is 5.97. The fourth-order valence-corrected chi connectivity index (χ4v) is 3.26. The molecule has 0 radical (unpaired) electrons. The van der Waals surface area contributed by atoms with E-state index in [1.54, 1.807) is 0 Å². The molecule has 0 aromatic heterocycles. The number of rotatable bonds is 5. The summed E-state index contributed by atoms with van der Waals surface area (Å²) in [5.41, 5.74) is 1.92. The second-order valence-electron chi connectivity index (χ2n) is 6.71. The van der Waals surface area contributed by atoms with Gasteiger partial charge in [0.2, 0.25) is 0 Å². The third-order valence-electron chi connectivity index (χ3n) is 4.71. The number of nitrogens with zero attached hydrogens (tertiary/aromatic N) is 2. The summed E-state index contributed by atoms with van der Waals surface area (Å²) < 4.78 is 26.7. The van der Waals surface area contributed by atoms with Crippen LogP contribution in [0.5, 0.6) is 5.75 Å². The number of aryl methyl sites for hydroxylation is 1. The number of nitrogens with one attached hydrogen (secondary N) is 1. The molecule has 3 rings (SSSR count). The van der Waals surface area contributed by atoms with E-state index >= 15 is 0 Å². The SMILES string of the molecule is Cc1cccc(N2CCN(CCNC(=O)c3c(O)cc(F)cc3F)CC2)c1. The smallest absolute Gasteiger partial charge is 0.258 e. The number of amides is 1. The van der Waals surface area contributed by atoms with Gasteiger partial charge < -0.3 is 15.3 Å². The molecule has 144 valence electrons. The molecular weight excluding hydrogens is 352 g/mol. The Labute approximate surface area is 157 Å². The van der Waals surface area contributed by atoms with Crippen molar-refractivity contribution in [3.05, 3.63) is 59.2 Å². The molecule has 2 aromatic carbocycles. The van der Waals surface area contributed by atoms with E-state index in [4.69, 9.17) is 0 Å². The Kier molecular flexibility index (Phi) is 5.91. The Morgan fingerprint density at radius 3 is 2.56 bits per heavy atom. The summed E-state index contributed by atoms with van der Waals surface area (Å²) in [5, 5.41) is 12.2. The number of phenolic OH excluding ortho intramolecular Hbond substituents is 1. The highest BCUT2D eigenvalue weighted by Gasteiger charge is 2.20. The van der Waals surface area contributed by atoms with E-state index in [1.165, 1.54) is 11.3 Å². The Hall–Kier alpha value is -2.67. The van der Waals surface area contributed by atoms with E-state index in [9.17, 15) is 18.7 Å². The van der Waals surface area contributed by atoms with Gasteiger partial charge in [0.1, 0.15) is 22.9 Å². The van der Waals surface area contributed by atoms with Crippen LogP contribution >= 0.6 is 0 Å². The van der Waals surface area contributed by atoms with Crippen molar-refractivity contribution in [2.45, 2.75) is 6.92 Å². The maximum atomic E-state index is 13.7. The highest BCUT2D eigenvalue weighted by atomic mass is 19.1. The number of piperazine rings is 1. The lowest BCUT2D eigenvalue weighted by Gasteiger charge is -2.36. The zero-order chi connectivity index (χ0) is 19.4. The summed E-state index contributed by atoms with van der Waals surface area (Å²) in [6, 6.07) is 9.70. The number of halogens is 2. The van der Waals surface area contributed by atoms with Crippen LogP contribution < -0.4 is 10.2 Å². The lowest BCUT2D eigenvalue weighted by molar-refractivity contribution is 0.0940. The molecule has 0 bridgehead atoms. The Bertz CT molecular complexity index is 798. The molecule has 0 saturated carbocycles. The third kappa shape index (κ3) is 4.74. The van der Waals surface area contributed by atoms with Crippen LogP contribution in [0.3, 0.4) is 0 Å². The van der Waals surface area contributed by atoms with Crippen LogP contribution in [-0.4, -0.2) is 55.2 Å². The lowest BCUT2D eigenvalue weighted by atomic mass is 10.1. The number of benzene rings is 2. The zero-order valence-corrected chi connectivity index (χ0v) is 15.2. The monoisotopic (exact) mass is 375 g/mol. The minimum absolute atomic E-state index is 0.319. The van der Waals surface area contributed by atoms with Crippen LogP contribution in [-0.2, 0) is 0 Å². The molecule has 5 nitrogen and oxygen atoms in total. The zero-order valence-electron chi connectivity index (χ0n) is 15.2. The van der Waals surface area contributed by atoms with Crippen LogP contribution in [0.4, 0.5) is 14.5 Å². The molecule has 1 aliphatic rings. The van der Waals surface area contributed by atoms with Gasteiger partial charge in [-0.15, -0.1) is 0 Å². The summed E-state index contributed by atoms with van der Waals surface area (Å²) >= 11 is 0. The van der Waals surface area contributed by atoms with E-state index < -0.39 is 28.9 Å². The van der Waals surface area contributed by atoms with Gasteiger partial charge in [-0.05, 0) is 24.6 Å². The van der Waals surface area contributed by atoms with Gasteiger partial charge in [0.15, 0.2) is 0 Å². The highest BCUT2D eigenvalue weighted by Crippen LogP contribution is 2.22. The number of anilines is 1. The molecule has 1 aliphatic heterocycles. The lowest BCUT2D eigenvalue weighted by Crippen LogP contribution is -2.48. The summed E-state index contributed by atoms with van der Waals surface area (Å²) in [7, 11) is 0. The Morgan fingerprint density at radius 1 is 1.15 bits per heavy atom. The van der Waals surface area contributed by atoms with Gasteiger partial charge in [0, 0.05) is 57.1 Å². The first-order chi connectivity index (χ1) is 12.9. The molecule has 2 N–H and O–H groups in total. The molecule has 0 unspecified atom stereocenters. The maximum absolute atomic E-state index is 13.7. The van der Waals surface area contributed by atoms with Gasteiger partial charge in [-0.2, -0.15) is 0 Å². The second kappa shape index (κ2) is 8.35. The van der Waals surface area contributed by atoms with Crippen LogP contribution in [0.15, 0.2) is 36.4 Å². The topological polar surface area (TPSA) is 55.8 Å². The molecule has 1 amide bonds. The normalized spacial score (nSPS) is 15.0. The predicted octanol–water partition coefficient (Wildman–Crippen LogP) is 2.53. The first-order valence-corrected chi connectivity index (χ1v) is 8.94. The minimum atomic E-state index is -1.07. The molecule has 0 aliphatic carbocycles. The number of carbonyl (C=O) groups excluding carboxylic acids is 1. The summed E-state index contributed by atoms with van der Waals surface area (Å²) in [6.07, 6.45) is 0. The van der Waals surface area contributed by atoms with Crippen LogP contribution in [0.25, 0.3) is 0 Å². The molecule has 27 heavy (non-hydrogen) atoms. The summed E-state index contributed by atoms with van der Waals surface area (Å²) in [5.74, 6) is -3.44. The van der Waals surface area contributed by atoms with Crippen LogP contribution in [0, 0.1) is 18.6 Å². The molecular formula is C20H23F2N3O2. The van der Waals surface area contributed by atoms with Crippen molar-refractivity contribution in [2.75, 3.05) is 44.2 Å². The average molecular weight is 375 g/mol. The van der Waals surface area contributed by atoms with Crippen molar-refractivity contribution in [1.82, 2.24) is 10.2 Å². The Balaban J connectivity index is 1.46. The third-order valence-corrected chi connectivity index (χ3v) is 4.71. The standard InChI is InChI=1S/C20H23F2N3O2/c1-14-3-2-4-16(11-14)25-9-7-24(8-10-25)6-5-23-20(27)19-17(22)12-15(21)13-18(19)26/h2-4,11-13,26H,5-10H2,1H3,(H,23,27). The van der Waals surface area contributed by atoms with Gasteiger partial charge >= 0.3 is 0 Å². The molecule has 2 aromatic rings. The largest absolute Gasteiger partial charge is 0.507 e. The fraction of sp³-hybridized carbons (Fsp3) is 0.350. The van der Waals surface area contributed by atoms with E-state index in [1.807, 2.05) is 0 Å². The van der Waals surface area contributed by atoms with Gasteiger partial charge in [0.05, 0.1) is 0 Å². The van der Waals surface area contributed by atoms with E-state index in [0.717, 1.165) is 32.2 Å². The van der Waals surface area contributed by atoms with E-state index in [2.05, 4.69) is 46.3 Å². The first-order valence-electron chi connectivity index (χ1n) is 8.94. The fourth-order valence-electron chi connectivity index (χ4n) is 3.26. The van der Waals surface area contributed by atoms with Gasteiger partial charge in [-0.25, -0.2) is 8.78 Å². The number of phenols is 1. The van der Waals surface area contributed by atoms with Crippen molar-refractivity contribution in [2.24, 2.45) is 0 Å². The van der Waals surface area contributed by atoms with Crippen LogP contribution in [0.2, 0.25) is 0 Å². The van der Waals surface area contributed by atoms with Crippen LogP contribution in [0.1, 0.15) is 15.9 Å². The number of aromatic hydroxyl groups is 1. The molecule has 1 heterocycles. The van der Waals surface area contributed by atoms with Gasteiger partial charge in [-0.3, -0.25) is 9.69 Å². The van der Waals surface area contributed by atoms with E-state index in [0.29, 0.717) is 19.2 Å². The van der Waals surface area contributed by atoms with Crippen molar-refractivity contribution in [3.8, 4) is 5.75 Å². The predicted molar refractivity (Wildman–Crippen MR) is 100 cm³/mol. The van der Waals surface area contributed by atoms with Crippen molar-refractivity contribution in [1.29, 1.82) is 0 Å². The molecule has 1 fully saturated rings. The first kappa shape index (κ1) is 19.1. The summed E-state index contributed by atoms with van der Waals surface area (Å²) in [4.78, 5) is 16.6. The van der Waals surface area contributed by atoms with E-state index in [-0.39, 0.29) is 0 Å². The van der Waals surface area contributed by atoms with Gasteiger partial charge in [0.25, 0.3) is 5.91 Å². The van der Waals surface area contributed by atoms with Crippen molar-refractivity contribution >= 4 is 11.6 Å². The molecule has 0 spiro atoms. The minimum Gasteiger partial charge on any atom is -0.507 e. The average Bonchev–Trinajstić information content (AvgIpc) is 2.61. The Morgan fingerprint density at radius 2 is 1.89 bits per heavy atom. The number of hydrogen-bond acceptors (Lipinski definition) is 4. The maximum Gasteiger partial charge on any atom is 0.258 e. The second-order valence-corrected chi connectivity index (χ2v) is 6.71. The molecule has 0 atom stereocenters. The van der Waals surface area contributed by atoms with Crippen molar-refractivity contribution in [3.63, 3.8) is 0 Å². The van der Waals surface area contributed by atoms with Gasteiger partial charge in [-0.1, -0.05) is 12.1 Å².